The van der Waals surface area contributed by atoms with E-state index in [1.165, 1.54) is 6.42 Å². The lowest BCUT2D eigenvalue weighted by Crippen LogP contribution is -2.21. The molecule has 3 N–H and O–H groups in total. The number of amidine groups is 1. The topological polar surface area (TPSA) is 47.9 Å². The Labute approximate surface area is 62.7 Å². The van der Waals surface area contributed by atoms with Crippen LogP contribution in [-0.4, -0.2) is 26.0 Å². The standard InChI is InChI=1S/C7H17N3/c1-7(8)10-6-4-3-5-9-2/h9H,3-6H2,1-2H3,(H2,8,10). The highest BCUT2D eigenvalue weighted by Gasteiger charge is 1.86. The zero-order valence-electron chi connectivity index (χ0n) is 6.83. The number of hydrogen-bond acceptors (Lipinski definition) is 2. The fourth-order valence-corrected chi connectivity index (χ4v) is 0.703. The maximum absolute atomic E-state index is 7.05. The zero-order chi connectivity index (χ0) is 7.82. The van der Waals surface area contributed by atoms with Crippen molar-refractivity contribution in [2.24, 2.45) is 0 Å². The Bertz CT molecular complexity index is 90.9. The second kappa shape index (κ2) is 6.55. The first kappa shape index (κ1) is 9.43. The van der Waals surface area contributed by atoms with Gasteiger partial charge in [0.05, 0.1) is 5.84 Å². The number of nitrogens with one attached hydrogen (secondary N) is 3. The predicted molar refractivity (Wildman–Crippen MR) is 44.6 cm³/mol. The van der Waals surface area contributed by atoms with Crippen molar-refractivity contribution in [1.82, 2.24) is 10.6 Å². The first-order valence-electron chi connectivity index (χ1n) is 3.71. The molecule has 0 aliphatic carbocycles. The third-order valence-corrected chi connectivity index (χ3v) is 1.24. The Balaban J connectivity index is 2.84. The molecule has 0 aliphatic rings. The van der Waals surface area contributed by atoms with Crippen LogP contribution in [0, 0.1) is 5.41 Å². The summed E-state index contributed by atoms with van der Waals surface area (Å²) in [5.74, 6) is 0.560. The third-order valence-electron chi connectivity index (χ3n) is 1.24. The molecule has 0 atom stereocenters. The molecule has 0 aromatic rings. The van der Waals surface area contributed by atoms with E-state index in [-0.39, 0.29) is 0 Å². The van der Waals surface area contributed by atoms with Gasteiger partial charge in [0.2, 0.25) is 0 Å². The van der Waals surface area contributed by atoms with Crippen molar-refractivity contribution in [3.8, 4) is 0 Å². The molecule has 0 radical (unpaired) electrons. The van der Waals surface area contributed by atoms with Gasteiger partial charge in [-0.15, -0.1) is 0 Å². The van der Waals surface area contributed by atoms with Gasteiger partial charge in [0.1, 0.15) is 0 Å². The van der Waals surface area contributed by atoms with Crippen LogP contribution in [0.2, 0.25) is 0 Å². The van der Waals surface area contributed by atoms with Crippen LogP contribution in [0.1, 0.15) is 19.8 Å². The van der Waals surface area contributed by atoms with E-state index in [0.717, 1.165) is 19.5 Å². The van der Waals surface area contributed by atoms with Gasteiger partial charge < -0.3 is 10.6 Å². The minimum absolute atomic E-state index is 0.560. The van der Waals surface area contributed by atoms with E-state index in [4.69, 9.17) is 5.41 Å². The average Bonchev–Trinajstić information content (AvgIpc) is 1.87. The van der Waals surface area contributed by atoms with E-state index in [0.29, 0.717) is 5.84 Å². The highest BCUT2D eigenvalue weighted by molar-refractivity contribution is 5.75. The molecule has 0 spiro atoms. The molecule has 0 unspecified atom stereocenters. The summed E-state index contributed by atoms with van der Waals surface area (Å²) in [5, 5.41) is 13.1. The number of rotatable bonds is 5. The molecule has 0 aliphatic heterocycles. The fourth-order valence-electron chi connectivity index (χ4n) is 0.703. The quantitative estimate of drug-likeness (QED) is 0.299. The van der Waals surface area contributed by atoms with E-state index in [1.807, 2.05) is 7.05 Å². The normalized spacial score (nSPS) is 9.40. The highest BCUT2D eigenvalue weighted by atomic mass is 14.9. The van der Waals surface area contributed by atoms with Gasteiger partial charge in [-0.2, -0.15) is 0 Å². The van der Waals surface area contributed by atoms with Crippen molar-refractivity contribution in [3.63, 3.8) is 0 Å². The number of hydrogen-bond donors (Lipinski definition) is 3. The second-order valence-electron chi connectivity index (χ2n) is 2.36. The zero-order valence-corrected chi connectivity index (χ0v) is 6.83. The lowest BCUT2D eigenvalue weighted by molar-refractivity contribution is 0.663. The van der Waals surface area contributed by atoms with Gasteiger partial charge in [-0.05, 0) is 33.4 Å². The lowest BCUT2D eigenvalue weighted by Gasteiger charge is -2.02. The molecular weight excluding hydrogens is 126 g/mol. The molecule has 0 saturated heterocycles. The third kappa shape index (κ3) is 7.43. The summed E-state index contributed by atoms with van der Waals surface area (Å²) in [6.45, 7) is 3.76. The summed E-state index contributed by atoms with van der Waals surface area (Å²) in [6.07, 6.45) is 2.31. The Hall–Kier alpha value is -0.570. The molecule has 3 nitrogen and oxygen atoms in total. The minimum atomic E-state index is 0.560. The van der Waals surface area contributed by atoms with Crippen LogP contribution in [0.15, 0.2) is 0 Å². The second-order valence-corrected chi connectivity index (χ2v) is 2.36. The summed E-state index contributed by atoms with van der Waals surface area (Å²) in [4.78, 5) is 0. The van der Waals surface area contributed by atoms with Crippen LogP contribution in [0.4, 0.5) is 0 Å². The first-order chi connectivity index (χ1) is 4.77. The predicted octanol–water partition coefficient (Wildman–Crippen LogP) is 0.573. The summed E-state index contributed by atoms with van der Waals surface area (Å²) < 4.78 is 0. The molecular formula is C7H17N3. The van der Waals surface area contributed by atoms with Crippen molar-refractivity contribution in [2.75, 3.05) is 20.1 Å². The molecule has 10 heavy (non-hydrogen) atoms. The SMILES string of the molecule is CNCCCCNC(C)=N. The van der Waals surface area contributed by atoms with Gasteiger partial charge in [0.25, 0.3) is 0 Å². The Morgan fingerprint density at radius 2 is 1.90 bits per heavy atom. The summed E-state index contributed by atoms with van der Waals surface area (Å²) in [6, 6.07) is 0. The summed E-state index contributed by atoms with van der Waals surface area (Å²) in [7, 11) is 1.95. The van der Waals surface area contributed by atoms with Crippen LogP contribution in [0.5, 0.6) is 0 Å². The molecule has 60 valence electrons. The molecule has 0 bridgehead atoms. The van der Waals surface area contributed by atoms with Crippen LogP contribution in [0.25, 0.3) is 0 Å². The molecule has 0 aromatic heterocycles. The van der Waals surface area contributed by atoms with E-state index < -0.39 is 0 Å². The first-order valence-corrected chi connectivity index (χ1v) is 3.71. The monoisotopic (exact) mass is 143 g/mol. The Morgan fingerprint density at radius 3 is 2.40 bits per heavy atom. The average molecular weight is 143 g/mol. The van der Waals surface area contributed by atoms with Crippen molar-refractivity contribution < 1.29 is 0 Å². The van der Waals surface area contributed by atoms with Gasteiger partial charge >= 0.3 is 0 Å². The van der Waals surface area contributed by atoms with Gasteiger partial charge in [0, 0.05) is 6.54 Å². The fraction of sp³-hybridized carbons (Fsp3) is 0.857. The largest absolute Gasteiger partial charge is 0.374 e. The van der Waals surface area contributed by atoms with Gasteiger partial charge in [-0.1, -0.05) is 0 Å². The number of unbranched alkanes of at least 4 members (excludes halogenated alkanes) is 1. The lowest BCUT2D eigenvalue weighted by atomic mass is 10.3. The van der Waals surface area contributed by atoms with Crippen LogP contribution in [0.3, 0.4) is 0 Å². The van der Waals surface area contributed by atoms with Crippen molar-refractivity contribution in [3.05, 3.63) is 0 Å². The van der Waals surface area contributed by atoms with Crippen LogP contribution < -0.4 is 10.6 Å². The van der Waals surface area contributed by atoms with E-state index in [2.05, 4.69) is 10.6 Å². The molecule has 0 amide bonds. The van der Waals surface area contributed by atoms with E-state index in [1.54, 1.807) is 6.92 Å². The van der Waals surface area contributed by atoms with Crippen molar-refractivity contribution in [2.45, 2.75) is 19.8 Å². The molecule has 0 rings (SSSR count). The van der Waals surface area contributed by atoms with E-state index >= 15 is 0 Å². The smallest absolute Gasteiger partial charge is 0.0899 e. The molecule has 0 heterocycles. The molecule has 0 fully saturated rings. The maximum atomic E-state index is 7.05. The van der Waals surface area contributed by atoms with Gasteiger partial charge in [-0.25, -0.2) is 0 Å². The highest BCUT2D eigenvalue weighted by Crippen LogP contribution is 1.82. The minimum Gasteiger partial charge on any atom is -0.374 e. The maximum Gasteiger partial charge on any atom is 0.0899 e. The molecule has 3 heteroatoms. The molecule has 0 saturated carbocycles. The van der Waals surface area contributed by atoms with E-state index in [9.17, 15) is 0 Å². The summed E-state index contributed by atoms with van der Waals surface area (Å²) in [5.41, 5.74) is 0. The summed E-state index contributed by atoms with van der Waals surface area (Å²) >= 11 is 0. The van der Waals surface area contributed by atoms with Crippen molar-refractivity contribution in [1.29, 1.82) is 5.41 Å². The van der Waals surface area contributed by atoms with Gasteiger partial charge in [-0.3, -0.25) is 5.41 Å². The van der Waals surface area contributed by atoms with Crippen LogP contribution in [-0.2, 0) is 0 Å². The Morgan fingerprint density at radius 1 is 1.30 bits per heavy atom. The van der Waals surface area contributed by atoms with Gasteiger partial charge in [0.15, 0.2) is 0 Å². The molecule has 0 aromatic carbocycles. The van der Waals surface area contributed by atoms with Crippen molar-refractivity contribution >= 4 is 5.84 Å². The Kier molecular flexibility index (Phi) is 6.18. The van der Waals surface area contributed by atoms with Crippen LogP contribution >= 0.6 is 0 Å².